The third-order valence-corrected chi connectivity index (χ3v) is 8.84. The van der Waals surface area contributed by atoms with E-state index < -0.39 is 73.8 Å². The van der Waals surface area contributed by atoms with Gasteiger partial charge in [-0.05, 0) is 39.8 Å². The smallest absolute Gasteiger partial charge is 0.255 e. The number of primary amides is 1. The molecule has 0 bridgehead atoms. The molecule has 0 unspecified atom stereocenters. The standard InChI is InChI=1S/C24H29N3O10S/c1-5-38(35,36)26-12-8-13(37-4)10-6-9-7-11-17(27(2)3)20(30)16(23(25)33)22(32)24(11,34)21(31)14(9)19(29)15(10)18(12)28/h8-9,11,17,26,28-29,32,34H,5-7H2,1-4H3,(H2,25,33)/t9-,11-,17-,24-/m0/s1. The van der Waals surface area contributed by atoms with Crippen molar-refractivity contribution in [1.82, 2.24) is 4.90 Å². The van der Waals surface area contributed by atoms with Gasteiger partial charge < -0.3 is 30.9 Å². The number of ketones is 2. The Morgan fingerprint density at radius 1 is 1.26 bits per heavy atom. The summed E-state index contributed by atoms with van der Waals surface area (Å²) in [6.45, 7) is 1.38. The molecular formula is C24H29N3O10S. The number of hydrogen-bond donors (Lipinski definition) is 6. The minimum Gasteiger partial charge on any atom is -0.508 e. The van der Waals surface area contributed by atoms with Gasteiger partial charge in [-0.1, -0.05) is 0 Å². The highest BCUT2D eigenvalue weighted by molar-refractivity contribution is 7.92. The van der Waals surface area contributed by atoms with Crippen LogP contribution in [-0.2, 0) is 30.8 Å². The molecule has 1 saturated carbocycles. The summed E-state index contributed by atoms with van der Waals surface area (Å²) in [6, 6.07) is 0.0507. The number of phenols is 1. The molecule has 14 heteroatoms. The first kappa shape index (κ1) is 27.4. The van der Waals surface area contributed by atoms with E-state index in [0.717, 1.165) is 0 Å². The number of Topliss-reactive ketones (excluding diaryl/α,β-unsaturated/α-hetero) is 2. The zero-order valence-corrected chi connectivity index (χ0v) is 21.9. The quantitative estimate of drug-likeness (QED) is 0.200. The Balaban J connectivity index is 1.98. The van der Waals surface area contributed by atoms with Crippen LogP contribution in [0.25, 0.3) is 5.76 Å². The van der Waals surface area contributed by atoms with Crippen LogP contribution in [0.5, 0.6) is 11.5 Å². The van der Waals surface area contributed by atoms with E-state index in [1.54, 1.807) is 0 Å². The molecule has 7 N–H and O–H groups in total. The van der Waals surface area contributed by atoms with Crippen molar-refractivity contribution in [2.75, 3.05) is 31.7 Å². The minimum atomic E-state index is -3.85. The number of hydrogen-bond acceptors (Lipinski definition) is 11. The minimum absolute atomic E-state index is 0.00603. The van der Waals surface area contributed by atoms with E-state index in [1.807, 2.05) is 0 Å². The lowest BCUT2D eigenvalue weighted by molar-refractivity contribution is -0.153. The van der Waals surface area contributed by atoms with Crippen LogP contribution in [0, 0.1) is 11.8 Å². The highest BCUT2D eigenvalue weighted by Gasteiger charge is 2.64. The third kappa shape index (κ3) is 3.74. The lowest BCUT2D eigenvalue weighted by Gasteiger charge is -2.50. The van der Waals surface area contributed by atoms with Gasteiger partial charge in [0.2, 0.25) is 15.8 Å². The Kier molecular flexibility index (Phi) is 6.49. The molecule has 0 heterocycles. The fraction of sp³-hybridized carbons (Fsp3) is 0.458. The van der Waals surface area contributed by atoms with Crippen molar-refractivity contribution in [2.45, 2.75) is 31.4 Å². The monoisotopic (exact) mass is 551 g/mol. The number of nitrogens with zero attached hydrogens (tertiary/aromatic N) is 1. The maximum absolute atomic E-state index is 13.8. The van der Waals surface area contributed by atoms with Gasteiger partial charge in [-0.15, -0.1) is 0 Å². The molecule has 3 aliphatic rings. The topological polar surface area (TPSA) is 217 Å². The van der Waals surface area contributed by atoms with Gasteiger partial charge in [-0.25, -0.2) is 8.42 Å². The van der Waals surface area contributed by atoms with Crippen LogP contribution < -0.4 is 15.2 Å². The summed E-state index contributed by atoms with van der Waals surface area (Å²) in [4.78, 5) is 40.4. The van der Waals surface area contributed by atoms with E-state index in [0.29, 0.717) is 0 Å². The SMILES string of the molecule is CCS(=O)(=O)Nc1cc(OC)c2c(c1O)C(O)=C1C(=O)[C@]3(O)C(O)=C(C(N)=O)C(=O)[C@@H](N(C)C)[C@@H]3C[C@@H]1C2. The number of benzene rings is 1. The van der Waals surface area contributed by atoms with Crippen molar-refractivity contribution < 1.29 is 48.0 Å². The number of likely N-dealkylation sites (N-methyl/N-ethyl adjacent to an activating group) is 1. The normalized spacial score (nSPS) is 27.2. The molecule has 38 heavy (non-hydrogen) atoms. The van der Waals surface area contributed by atoms with Gasteiger partial charge >= 0.3 is 0 Å². The molecule has 1 amide bonds. The number of ether oxygens (including phenoxy) is 1. The number of methoxy groups -OCH3 is 1. The number of carbonyl (C=O) groups excluding carboxylic acids is 3. The number of rotatable bonds is 6. The second-order valence-corrected chi connectivity index (χ2v) is 11.8. The average molecular weight is 552 g/mol. The van der Waals surface area contributed by atoms with Gasteiger partial charge in [0, 0.05) is 23.1 Å². The molecular weight excluding hydrogens is 522 g/mol. The van der Waals surface area contributed by atoms with Gasteiger partial charge in [-0.2, -0.15) is 0 Å². The van der Waals surface area contributed by atoms with Crippen LogP contribution in [0.1, 0.15) is 24.5 Å². The fourth-order valence-electron chi connectivity index (χ4n) is 5.78. The molecule has 4 atom stereocenters. The van der Waals surface area contributed by atoms with E-state index in [2.05, 4.69) is 4.72 Å². The number of nitrogens with two attached hydrogens (primary N) is 1. The zero-order valence-electron chi connectivity index (χ0n) is 21.1. The van der Waals surface area contributed by atoms with Crippen molar-refractivity contribution >= 4 is 38.9 Å². The molecule has 1 fully saturated rings. The van der Waals surface area contributed by atoms with Crippen molar-refractivity contribution in [3.8, 4) is 11.5 Å². The molecule has 0 spiro atoms. The van der Waals surface area contributed by atoms with E-state index in [-0.39, 0.29) is 46.7 Å². The van der Waals surface area contributed by atoms with Crippen LogP contribution in [0.3, 0.4) is 0 Å². The summed E-state index contributed by atoms with van der Waals surface area (Å²) in [7, 11) is 0.468. The fourth-order valence-corrected chi connectivity index (χ4v) is 6.41. The Hall–Kier alpha value is -3.62. The Morgan fingerprint density at radius 2 is 1.89 bits per heavy atom. The molecule has 0 aromatic heterocycles. The second kappa shape index (κ2) is 8.99. The van der Waals surface area contributed by atoms with Crippen LogP contribution in [0.15, 0.2) is 23.0 Å². The molecule has 0 radical (unpaired) electrons. The maximum Gasteiger partial charge on any atom is 0.255 e. The number of phenolic OH excluding ortho intramolecular Hbond substituents is 1. The summed E-state index contributed by atoms with van der Waals surface area (Å²) in [5.41, 5.74) is 0.955. The number of fused-ring (bicyclic) bond motifs is 3. The number of amides is 1. The van der Waals surface area contributed by atoms with Crippen LogP contribution >= 0.6 is 0 Å². The first-order valence-electron chi connectivity index (χ1n) is 11.7. The number of aromatic hydroxyl groups is 1. The molecule has 4 rings (SSSR count). The number of aliphatic hydroxyl groups is 3. The predicted molar refractivity (Wildman–Crippen MR) is 134 cm³/mol. The second-order valence-electron chi connectivity index (χ2n) is 9.80. The van der Waals surface area contributed by atoms with E-state index >= 15 is 0 Å². The zero-order chi connectivity index (χ0) is 28.5. The van der Waals surface area contributed by atoms with Crippen molar-refractivity contribution in [3.05, 3.63) is 34.1 Å². The van der Waals surface area contributed by atoms with Gasteiger partial charge in [0.1, 0.15) is 22.8 Å². The van der Waals surface area contributed by atoms with Gasteiger partial charge in [0.15, 0.2) is 17.1 Å². The molecule has 1 aromatic rings. The molecule has 13 nitrogen and oxygen atoms in total. The summed E-state index contributed by atoms with van der Waals surface area (Å²) < 4.78 is 31.9. The number of carbonyl (C=O) groups is 3. The van der Waals surface area contributed by atoms with Gasteiger partial charge in [-0.3, -0.25) is 24.0 Å². The van der Waals surface area contributed by atoms with Gasteiger partial charge in [0.05, 0.1) is 30.2 Å². The number of sulfonamides is 1. The number of aliphatic hydroxyl groups excluding tert-OH is 2. The van der Waals surface area contributed by atoms with Gasteiger partial charge in [0.25, 0.3) is 5.91 Å². The van der Waals surface area contributed by atoms with Crippen molar-refractivity contribution in [3.63, 3.8) is 0 Å². The first-order chi connectivity index (χ1) is 17.6. The summed E-state index contributed by atoms with van der Waals surface area (Å²) in [5.74, 6) is -8.17. The Bertz CT molecular complexity index is 1450. The third-order valence-electron chi connectivity index (χ3n) is 7.55. The summed E-state index contributed by atoms with van der Waals surface area (Å²) in [5, 5.41) is 44.7. The van der Waals surface area contributed by atoms with Crippen molar-refractivity contribution in [2.24, 2.45) is 17.6 Å². The maximum atomic E-state index is 13.8. The molecule has 206 valence electrons. The largest absolute Gasteiger partial charge is 0.508 e. The van der Waals surface area contributed by atoms with Crippen LogP contribution in [0.4, 0.5) is 5.69 Å². The number of nitrogens with one attached hydrogen (secondary N) is 1. The van der Waals surface area contributed by atoms with E-state index in [1.165, 1.54) is 39.1 Å². The highest BCUT2D eigenvalue weighted by Crippen LogP contribution is 2.54. The van der Waals surface area contributed by atoms with Crippen molar-refractivity contribution in [1.29, 1.82) is 0 Å². The molecule has 3 aliphatic carbocycles. The Labute approximate surface area is 218 Å². The van der Waals surface area contributed by atoms with E-state index in [4.69, 9.17) is 10.5 Å². The average Bonchev–Trinajstić information content (AvgIpc) is 2.82. The van der Waals surface area contributed by atoms with Crippen LogP contribution in [0.2, 0.25) is 0 Å². The molecule has 0 aliphatic heterocycles. The molecule has 0 saturated heterocycles. The summed E-state index contributed by atoms with van der Waals surface area (Å²) >= 11 is 0. The lowest BCUT2D eigenvalue weighted by atomic mass is 9.57. The molecule has 1 aromatic carbocycles. The first-order valence-corrected chi connectivity index (χ1v) is 13.4. The van der Waals surface area contributed by atoms with Crippen LogP contribution in [-0.4, -0.2) is 89.8 Å². The Morgan fingerprint density at radius 3 is 2.42 bits per heavy atom. The summed E-state index contributed by atoms with van der Waals surface area (Å²) in [6.07, 6.45) is -0.0774. The lowest BCUT2D eigenvalue weighted by Crippen LogP contribution is -2.65. The predicted octanol–water partition coefficient (Wildman–Crippen LogP) is -0.266. The number of anilines is 1. The highest BCUT2D eigenvalue weighted by atomic mass is 32.2. The van der Waals surface area contributed by atoms with E-state index in [9.17, 15) is 43.2 Å².